The molecule has 0 aliphatic carbocycles. The first-order valence-electron chi connectivity index (χ1n) is 7.64. The maximum absolute atomic E-state index is 12.5. The molecule has 3 rings (SSSR count). The van der Waals surface area contributed by atoms with Crippen LogP contribution in [0.2, 0.25) is 5.02 Å². The van der Waals surface area contributed by atoms with E-state index in [0.29, 0.717) is 25.3 Å². The van der Waals surface area contributed by atoms with E-state index in [9.17, 15) is 9.90 Å². The standard InChI is InChI=1S/C16H21ClN2O2S/c17-14-4-2-1-3-13(14)11-18-6-8-19(9-7-18)15(20)16(21)5-10-22-12-16/h1-4,21H,5-12H2. The van der Waals surface area contributed by atoms with Crippen LogP contribution in [0, 0.1) is 0 Å². The largest absolute Gasteiger partial charge is 0.379 e. The van der Waals surface area contributed by atoms with Crippen LogP contribution < -0.4 is 0 Å². The Balaban J connectivity index is 1.54. The molecule has 2 saturated heterocycles. The maximum Gasteiger partial charge on any atom is 0.255 e. The van der Waals surface area contributed by atoms with Crippen molar-refractivity contribution in [1.29, 1.82) is 0 Å². The van der Waals surface area contributed by atoms with Gasteiger partial charge in [0.1, 0.15) is 0 Å². The second-order valence-electron chi connectivity index (χ2n) is 5.99. The molecule has 0 saturated carbocycles. The summed E-state index contributed by atoms with van der Waals surface area (Å²) in [5.41, 5.74) is -0.00924. The van der Waals surface area contributed by atoms with Crippen LogP contribution in [-0.4, -0.2) is 64.1 Å². The summed E-state index contributed by atoms with van der Waals surface area (Å²) in [6, 6.07) is 7.87. The minimum absolute atomic E-state index is 0.0881. The Morgan fingerprint density at radius 2 is 2.00 bits per heavy atom. The van der Waals surface area contributed by atoms with Crippen LogP contribution in [0.15, 0.2) is 24.3 Å². The number of thioether (sulfide) groups is 1. The van der Waals surface area contributed by atoms with E-state index >= 15 is 0 Å². The molecule has 0 bridgehead atoms. The van der Waals surface area contributed by atoms with Crippen molar-refractivity contribution in [1.82, 2.24) is 9.80 Å². The number of amides is 1. The SMILES string of the molecule is O=C(N1CCN(Cc2ccccc2Cl)CC1)C1(O)CCSC1. The molecule has 2 aliphatic rings. The van der Waals surface area contributed by atoms with E-state index in [4.69, 9.17) is 11.6 Å². The molecule has 120 valence electrons. The first-order valence-corrected chi connectivity index (χ1v) is 9.17. The van der Waals surface area contributed by atoms with Crippen molar-refractivity contribution in [2.24, 2.45) is 0 Å². The molecule has 1 amide bonds. The minimum Gasteiger partial charge on any atom is -0.379 e. The fourth-order valence-corrected chi connectivity index (χ4v) is 4.42. The van der Waals surface area contributed by atoms with Gasteiger partial charge in [-0.15, -0.1) is 0 Å². The summed E-state index contributed by atoms with van der Waals surface area (Å²) in [4.78, 5) is 16.6. The number of aliphatic hydroxyl groups is 1. The van der Waals surface area contributed by atoms with E-state index in [-0.39, 0.29) is 5.91 Å². The fourth-order valence-electron chi connectivity index (χ4n) is 2.99. The van der Waals surface area contributed by atoms with E-state index in [0.717, 1.165) is 36.0 Å². The van der Waals surface area contributed by atoms with Gasteiger partial charge >= 0.3 is 0 Å². The molecule has 4 nitrogen and oxygen atoms in total. The first-order chi connectivity index (χ1) is 10.6. The first kappa shape index (κ1) is 16.1. The van der Waals surface area contributed by atoms with Crippen molar-refractivity contribution in [2.45, 2.75) is 18.6 Å². The quantitative estimate of drug-likeness (QED) is 0.912. The van der Waals surface area contributed by atoms with E-state index in [1.807, 2.05) is 29.2 Å². The molecule has 0 aromatic heterocycles. The Kier molecular flexibility index (Phi) is 4.97. The lowest BCUT2D eigenvalue weighted by Crippen LogP contribution is -2.55. The van der Waals surface area contributed by atoms with Crippen LogP contribution in [0.4, 0.5) is 0 Å². The Morgan fingerprint density at radius 1 is 1.27 bits per heavy atom. The number of carbonyl (C=O) groups is 1. The van der Waals surface area contributed by atoms with Gasteiger partial charge in [-0.2, -0.15) is 11.8 Å². The summed E-state index contributed by atoms with van der Waals surface area (Å²) in [6.07, 6.45) is 0.580. The van der Waals surface area contributed by atoms with Crippen molar-refractivity contribution < 1.29 is 9.90 Å². The minimum atomic E-state index is -1.13. The number of rotatable bonds is 3. The fraction of sp³-hybridized carbons (Fsp3) is 0.562. The predicted octanol–water partition coefficient (Wildman–Crippen LogP) is 1.85. The molecule has 0 spiro atoms. The van der Waals surface area contributed by atoms with E-state index < -0.39 is 5.60 Å². The highest BCUT2D eigenvalue weighted by Gasteiger charge is 2.42. The second-order valence-corrected chi connectivity index (χ2v) is 7.51. The van der Waals surface area contributed by atoms with Crippen LogP contribution in [0.1, 0.15) is 12.0 Å². The summed E-state index contributed by atoms with van der Waals surface area (Å²) in [5.74, 6) is 1.32. The monoisotopic (exact) mass is 340 g/mol. The van der Waals surface area contributed by atoms with Crippen LogP contribution in [0.3, 0.4) is 0 Å². The highest BCUT2D eigenvalue weighted by atomic mass is 35.5. The molecule has 22 heavy (non-hydrogen) atoms. The topological polar surface area (TPSA) is 43.8 Å². The molecule has 0 radical (unpaired) electrons. The van der Waals surface area contributed by atoms with Gasteiger partial charge in [0.15, 0.2) is 5.60 Å². The van der Waals surface area contributed by atoms with Crippen molar-refractivity contribution in [3.8, 4) is 0 Å². The number of nitrogens with zero attached hydrogens (tertiary/aromatic N) is 2. The van der Waals surface area contributed by atoms with Crippen molar-refractivity contribution >= 4 is 29.3 Å². The summed E-state index contributed by atoms with van der Waals surface area (Å²) >= 11 is 7.86. The van der Waals surface area contributed by atoms with Gasteiger partial charge in [0.25, 0.3) is 5.91 Å². The third-order valence-electron chi connectivity index (χ3n) is 4.41. The summed E-state index contributed by atoms with van der Waals surface area (Å²) < 4.78 is 0. The number of benzene rings is 1. The lowest BCUT2D eigenvalue weighted by molar-refractivity contribution is -0.150. The molecule has 1 N–H and O–H groups in total. The number of carbonyl (C=O) groups excluding carboxylic acids is 1. The molecule has 1 aromatic rings. The smallest absolute Gasteiger partial charge is 0.255 e. The number of halogens is 1. The Bertz CT molecular complexity index is 541. The highest BCUT2D eigenvalue weighted by molar-refractivity contribution is 7.99. The van der Waals surface area contributed by atoms with E-state index in [1.54, 1.807) is 11.8 Å². The molecule has 1 aromatic carbocycles. The third-order valence-corrected chi connectivity index (χ3v) is 5.95. The van der Waals surface area contributed by atoms with Crippen LogP contribution in [-0.2, 0) is 11.3 Å². The van der Waals surface area contributed by atoms with E-state index in [1.165, 1.54) is 0 Å². The molecule has 1 unspecified atom stereocenters. The Hall–Kier alpha value is -0.750. The number of piperazine rings is 1. The van der Waals surface area contributed by atoms with Crippen LogP contribution in [0.25, 0.3) is 0 Å². The molecule has 2 heterocycles. The molecule has 6 heteroatoms. The van der Waals surface area contributed by atoms with Crippen molar-refractivity contribution in [3.05, 3.63) is 34.9 Å². The van der Waals surface area contributed by atoms with Gasteiger partial charge < -0.3 is 10.0 Å². The predicted molar refractivity (Wildman–Crippen MR) is 90.2 cm³/mol. The summed E-state index contributed by atoms with van der Waals surface area (Å²) in [6.45, 7) is 3.80. The van der Waals surface area contributed by atoms with Gasteiger partial charge in [-0.05, 0) is 23.8 Å². The Labute approximate surface area is 140 Å². The van der Waals surface area contributed by atoms with Gasteiger partial charge in [-0.25, -0.2) is 0 Å². The second kappa shape index (κ2) is 6.79. The van der Waals surface area contributed by atoms with Gasteiger partial charge in [-0.1, -0.05) is 29.8 Å². The lowest BCUT2D eigenvalue weighted by atomic mass is 10.0. The molecule has 1 atom stereocenters. The molecule has 2 aliphatic heterocycles. The van der Waals surface area contributed by atoms with Gasteiger partial charge in [0.05, 0.1) is 0 Å². The number of hydrogen-bond acceptors (Lipinski definition) is 4. The normalized spacial score (nSPS) is 26.4. The summed E-state index contributed by atoms with van der Waals surface area (Å²) in [7, 11) is 0. The zero-order chi connectivity index (χ0) is 15.6. The number of hydrogen-bond donors (Lipinski definition) is 1. The van der Waals surface area contributed by atoms with Gasteiger partial charge in [0.2, 0.25) is 0 Å². The average Bonchev–Trinajstić information content (AvgIpc) is 2.98. The van der Waals surface area contributed by atoms with Gasteiger partial charge in [0, 0.05) is 43.5 Å². The van der Waals surface area contributed by atoms with E-state index in [2.05, 4.69) is 4.90 Å². The Morgan fingerprint density at radius 3 is 2.64 bits per heavy atom. The van der Waals surface area contributed by atoms with Crippen LogP contribution >= 0.6 is 23.4 Å². The van der Waals surface area contributed by atoms with Crippen molar-refractivity contribution in [3.63, 3.8) is 0 Å². The third kappa shape index (κ3) is 3.43. The van der Waals surface area contributed by atoms with Crippen molar-refractivity contribution in [2.75, 3.05) is 37.7 Å². The zero-order valence-electron chi connectivity index (χ0n) is 12.5. The van der Waals surface area contributed by atoms with Gasteiger partial charge in [-0.3, -0.25) is 9.69 Å². The average molecular weight is 341 g/mol. The molecule has 2 fully saturated rings. The van der Waals surface area contributed by atoms with Crippen LogP contribution in [0.5, 0.6) is 0 Å². The molecular formula is C16H21ClN2O2S. The lowest BCUT2D eigenvalue weighted by Gasteiger charge is -2.37. The highest BCUT2D eigenvalue weighted by Crippen LogP contribution is 2.30. The maximum atomic E-state index is 12.5. The molecular weight excluding hydrogens is 320 g/mol. The summed E-state index contributed by atoms with van der Waals surface area (Å²) in [5, 5.41) is 11.2. The zero-order valence-corrected chi connectivity index (χ0v) is 14.1.